The highest BCUT2D eigenvalue weighted by Gasteiger charge is 2.24. The topological polar surface area (TPSA) is 37.3 Å². The Hall–Kier alpha value is -2.16. The summed E-state index contributed by atoms with van der Waals surface area (Å²) in [7, 11) is 0. The largest absolute Gasteiger partial charge is 0.481 e. The molecule has 0 aromatic heterocycles. The molecule has 24 heavy (non-hydrogen) atoms. The van der Waals surface area contributed by atoms with Gasteiger partial charge in [0.2, 0.25) is 0 Å². The van der Waals surface area contributed by atoms with E-state index in [9.17, 15) is 9.18 Å². The van der Waals surface area contributed by atoms with E-state index < -0.39 is 5.97 Å². The van der Waals surface area contributed by atoms with E-state index in [0.29, 0.717) is 17.0 Å². The van der Waals surface area contributed by atoms with Gasteiger partial charge in [0.1, 0.15) is 5.82 Å². The average molecular weight is 326 g/mol. The number of aliphatic carboxylic acids is 1. The monoisotopic (exact) mass is 326 g/mol. The van der Waals surface area contributed by atoms with E-state index in [1.165, 1.54) is 29.5 Å². The number of hydrogen-bond acceptors (Lipinski definition) is 1. The lowest BCUT2D eigenvalue weighted by atomic mass is 9.90. The first-order valence-electron chi connectivity index (χ1n) is 8.49. The van der Waals surface area contributed by atoms with Crippen molar-refractivity contribution in [1.82, 2.24) is 0 Å². The van der Waals surface area contributed by atoms with Crippen LogP contribution < -0.4 is 0 Å². The standard InChI is InChI=1S/C21H23FO2/c1-12-8-17(15-4-5-15)9-13(2)20(12)18-10-14(3)21(22)16(11-18)6-7-19(23)24/h8-11,15H,4-7H2,1-3H3,(H,23,24). The molecule has 0 radical (unpaired) electrons. The molecule has 1 aliphatic rings. The van der Waals surface area contributed by atoms with Crippen LogP contribution in [0.1, 0.15) is 53.0 Å². The van der Waals surface area contributed by atoms with Crippen LogP contribution in [-0.4, -0.2) is 11.1 Å². The quantitative estimate of drug-likeness (QED) is 0.808. The summed E-state index contributed by atoms with van der Waals surface area (Å²) >= 11 is 0. The van der Waals surface area contributed by atoms with Gasteiger partial charge in [-0.2, -0.15) is 0 Å². The highest BCUT2D eigenvalue weighted by atomic mass is 19.1. The second-order valence-corrected chi connectivity index (χ2v) is 6.96. The number of aryl methyl sites for hydroxylation is 4. The average Bonchev–Trinajstić information content (AvgIpc) is 3.33. The molecule has 2 aromatic carbocycles. The van der Waals surface area contributed by atoms with Crippen molar-refractivity contribution in [3.05, 3.63) is 57.9 Å². The summed E-state index contributed by atoms with van der Waals surface area (Å²) in [6.45, 7) is 5.94. The van der Waals surface area contributed by atoms with E-state index in [1.807, 2.05) is 12.1 Å². The van der Waals surface area contributed by atoms with Crippen LogP contribution in [0.4, 0.5) is 4.39 Å². The zero-order chi connectivity index (χ0) is 17.4. The van der Waals surface area contributed by atoms with E-state index in [4.69, 9.17) is 5.11 Å². The van der Waals surface area contributed by atoms with Crippen molar-refractivity contribution in [3.63, 3.8) is 0 Å². The Kier molecular flexibility index (Phi) is 4.44. The number of hydrogen-bond donors (Lipinski definition) is 1. The Balaban J connectivity index is 2.04. The van der Waals surface area contributed by atoms with Gasteiger partial charge in [0.15, 0.2) is 0 Å². The van der Waals surface area contributed by atoms with Crippen LogP contribution in [0, 0.1) is 26.6 Å². The summed E-state index contributed by atoms with van der Waals surface area (Å²) < 4.78 is 14.3. The highest BCUT2D eigenvalue weighted by molar-refractivity contribution is 5.73. The van der Waals surface area contributed by atoms with Gasteiger partial charge in [0.25, 0.3) is 0 Å². The molecule has 2 aromatic rings. The third kappa shape index (κ3) is 3.35. The summed E-state index contributed by atoms with van der Waals surface area (Å²) in [6.07, 6.45) is 2.70. The number of carboxylic acid groups (broad SMARTS) is 1. The van der Waals surface area contributed by atoms with E-state index in [0.717, 1.165) is 11.1 Å². The minimum absolute atomic E-state index is 0.0571. The molecule has 0 atom stereocenters. The SMILES string of the molecule is Cc1cc(-c2c(C)cc(C3CC3)cc2C)cc(CCC(=O)O)c1F. The molecule has 0 amide bonds. The minimum Gasteiger partial charge on any atom is -0.481 e. The van der Waals surface area contributed by atoms with Crippen LogP contribution in [0.25, 0.3) is 11.1 Å². The van der Waals surface area contributed by atoms with Crippen molar-refractivity contribution in [1.29, 1.82) is 0 Å². The molecule has 2 nitrogen and oxygen atoms in total. The maximum Gasteiger partial charge on any atom is 0.303 e. The first kappa shape index (κ1) is 16.7. The third-order valence-electron chi connectivity index (χ3n) is 4.83. The predicted octanol–water partition coefficient (Wildman–Crippen LogP) is 5.31. The fourth-order valence-corrected chi connectivity index (χ4v) is 3.52. The van der Waals surface area contributed by atoms with Crippen molar-refractivity contribution in [2.24, 2.45) is 0 Å². The fraction of sp³-hybridized carbons (Fsp3) is 0.381. The first-order chi connectivity index (χ1) is 11.4. The molecule has 1 aliphatic carbocycles. The molecule has 0 heterocycles. The summed E-state index contributed by atoms with van der Waals surface area (Å²) in [5.41, 5.74) is 6.97. The lowest BCUT2D eigenvalue weighted by Gasteiger charge is -2.15. The molecule has 3 rings (SSSR count). The van der Waals surface area contributed by atoms with E-state index in [1.54, 1.807) is 6.92 Å². The Bertz CT molecular complexity index is 781. The predicted molar refractivity (Wildman–Crippen MR) is 94.0 cm³/mol. The molecule has 1 N–H and O–H groups in total. The van der Waals surface area contributed by atoms with Gasteiger partial charge >= 0.3 is 5.97 Å². The molecule has 3 heteroatoms. The van der Waals surface area contributed by atoms with Crippen molar-refractivity contribution < 1.29 is 14.3 Å². The van der Waals surface area contributed by atoms with Gasteiger partial charge in [-0.1, -0.05) is 12.1 Å². The lowest BCUT2D eigenvalue weighted by molar-refractivity contribution is -0.136. The molecule has 0 saturated heterocycles. The molecule has 126 valence electrons. The van der Waals surface area contributed by atoms with Crippen LogP contribution in [0.3, 0.4) is 0 Å². The maximum absolute atomic E-state index is 14.3. The molecule has 1 fully saturated rings. The van der Waals surface area contributed by atoms with Crippen LogP contribution >= 0.6 is 0 Å². The number of halogens is 1. The Morgan fingerprint density at radius 3 is 2.25 bits per heavy atom. The maximum atomic E-state index is 14.3. The summed E-state index contributed by atoms with van der Waals surface area (Å²) in [4.78, 5) is 10.8. The van der Waals surface area contributed by atoms with E-state index in [-0.39, 0.29) is 18.7 Å². The summed E-state index contributed by atoms with van der Waals surface area (Å²) in [6, 6.07) is 8.17. The van der Waals surface area contributed by atoms with Gasteiger partial charge in [-0.05, 0) is 97.0 Å². The van der Waals surface area contributed by atoms with Crippen molar-refractivity contribution in [3.8, 4) is 11.1 Å². The Labute approximate surface area is 142 Å². The molecule has 0 unspecified atom stereocenters. The van der Waals surface area contributed by atoms with Crippen molar-refractivity contribution >= 4 is 5.97 Å². The van der Waals surface area contributed by atoms with Crippen LogP contribution in [-0.2, 0) is 11.2 Å². The Morgan fingerprint density at radius 2 is 1.71 bits per heavy atom. The molecular weight excluding hydrogens is 303 g/mol. The second-order valence-electron chi connectivity index (χ2n) is 6.96. The summed E-state index contributed by atoms with van der Waals surface area (Å²) in [5, 5.41) is 8.88. The summed E-state index contributed by atoms with van der Waals surface area (Å²) in [5.74, 6) is -0.485. The number of rotatable bonds is 5. The van der Waals surface area contributed by atoms with Crippen LogP contribution in [0.5, 0.6) is 0 Å². The minimum atomic E-state index is -0.904. The van der Waals surface area contributed by atoms with Crippen molar-refractivity contribution in [2.45, 2.75) is 52.4 Å². The van der Waals surface area contributed by atoms with Crippen molar-refractivity contribution in [2.75, 3.05) is 0 Å². The highest BCUT2D eigenvalue weighted by Crippen LogP contribution is 2.42. The third-order valence-corrected chi connectivity index (χ3v) is 4.83. The van der Waals surface area contributed by atoms with E-state index in [2.05, 4.69) is 26.0 Å². The first-order valence-corrected chi connectivity index (χ1v) is 8.49. The molecule has 1 saturated carbocycles. The van der Waals surface area contributed by atoms with Crippen LogP contribution in [0.2, 0.25) is 0 Å². The van der Waals surface area contributed by atoms with Gasteiger partial charge < -0.3 is 5.11 Å². The number of carbonyl (C=O) groups is 1. The molecule has 0 bridgehead atoms. The van der Waals surface area contributed by atoms with E-state index >= 15 is 0 Å². The molecule has 0 spiro atoms. The second kappa shape index (κ2) is 6.39. The number of carboxylic acids is 1. The van der Waals surface area contributed by atoms with Crippen LogP contribution in [0.15, 0.2) is 24.3 Å². The molecular formula is C21H23FO2. The smallest absolute Gasteiger partial charge is 0.303 e. The zero-order valence-corrected chi connectivity index (χ0v) is 14.4. The Morgan fingerprint density at radius 1 is 1.08 bits per heavy atom. The number of benzene rings is 2. The van der Waals surface area contributed by atoms with Gasteiger partial charge in [-0.25, -0.2) is 4.39 Å². The van der Waals surface area contributed by atoms with Gasteiger partial charge in [0.05, 0.1) is 0 Å². The van der Waals surface area contributed by atoms with Gasteiger partial charge in [0, 0.05) is 6.42 Å². The zero-order valence-electron chi connectivity index (χ0n) is 14.4. The normalized spacial score (nSPS) is 14.0. The molecule has 0 aliphatic heterocycles. The lowest BCUT2D eigenvalue weighted by Crippen LogP contribution is -2.02. The van der Waals surface area contributed by atoms with Gasteiger partial charge in [-0.15, -0.1) is 0 Å². The van der Waals surface area contributed by atoms with Gasteiger partial charge in [-0.3, -0.25) is 4.79 Å². The fourth-order valence-electron chi connectivity index (χ4n) is 3.52.